The van der Waals surface area contributed by atoms with Gasteiger partial charge in [-0.15, -0.1) is 0 Å². The molecule has 0 aromatic heterocycles. The van der Waals surface area contributed by atoms with Gasteiger partial charge in [0.1, 0.15) is 0 Å². The number of hydrogen-bond acceptors (Lipinski definition) is 2. The highest BCUT2D eigenvalue weighted by atomic mass is 35.5. The average Bonchev–Trinajstić information content (AvgIpc) is 2.63. The summed E-state index contributed by atoms with van der Waals surface area (Å²) in [6, 6.07) is 6.86. The number of carbonyl (C=O) groups is 1. The molecule has 3 nitrogen and oxygen atoms in total. The normalized spacial score (nSPS) is 15.3. The van der Waals surface area contributed by atoms with Crippen LogP contribution in [0, 0.1) is 0 Å². The molecule has 1 aliphatic rings. The molecule has 5 heteroatoms. The fourth-order valence-corrected chi connectivity index (χ4v) is 1.91. The second-order valence-corrected chi connectivity index (χ2v) is 4.02. The monoisotopic (exact) mass is 240 g/mol. The molecule has 0 unspecified atom stereocenters. The van der Waals surface area contributed by atoms with Gasteiger partial charge in [-0.1, -0.05) is 17.7 Å². The van der Waals surface area contributed by atoms with Crippen LogP contribution in [0.2, 0.25) is 5.02 Å². The molecule has 0 aliphatic carbocycles. The van der Waals surface area contributed by atoms with Crippen molar-refractivity contribution in [2.24, 2.45) is 0 Å². The molecule has 0 saturated carbocycles. The maximum absolute atomic E-state index is 11.9. The van der Waals surface area contributed by atoms with Gasteiger partial charge in [0.25, 0.3) is 5.91 Å². The highest BCUT2D eigenvalue weighted by Gasteiger charge is 2.23. The first kappa shape index (κ1) is 10.4. The van der Waals surface area contributed by atoms with Gasteiger partial charge in [0.05, 0.1) is 0 Å². The Morgan fingerprint density at radius 1 is 1.53 bits per heavy atom. The number of thiocarbonyl (C=S) groups is 1. The number of nitrogens with zero attached hydrogens (tertiary/aromatic N) is 1. The van der Waals surface area contributed by atoms with Crippen molar-refractivity contribution in [3.63, 3.8) is 0 Å². The van der Waals surface area contributed by atoms with Crippen LogP contribution in [-0.2, 0) is 0 Å². The van der Waals surface area contributed by atoms with Gasteiger partial charge < -0.3 is 5.32 Å². The van der Waals surface area contributed by atoms with E-state index < -0.39 is 0 Å². The third kappa shape index (κ3) is 2.11. The maximum atomic E-state index is 11.9. The third-order valence-corrected chi connectivity index (χ3v) is 2.77. The summed E-state index contributed by atoms with van der Waals surface area (Å²) in [5, 5.41) is 3.98. The van der Waals surface area contributed by atoms with Crippen LogP contribution in [0.15, 0.2) is 24.3 Å². The summed E-state index contributed by atoms with van der Waals surface area (Å²) in [6.45, 7) is 1.33. The number of amides is 1. The Bertz CT molecular complexity index is 422. The SMILES string of the molecule is O=C(c1cccc(Cl)c1)N1CCNC1=S. The van der Waals surface area contributed by atoms with Gasteiger partial charge in [0.2, 0.25) is 0 Å². The number of rotatable bonds is 1. The molecule has 0 spiro atoms. The van der Waals surface area contributed by atoms with Crippen LogP contribution in [0.1, 0.15) is 10.4 Å². The third-order valence-electron chi connectivity index (χ3n) is 2.17. The highest BCUT2D eigenvalue weighted by Crippen LogP contribution is 2.13. The van der Waals surface area contributed by atoms with E-state index in [1.807, 2.05) is 0 Å². The lowest BCUT2D eigenvalue weighted by atomic mass is 10.2. The molecule has 1 fully saturated rings. The Morgan fingerprint density at radius 2 is 2.33 bits per heavy atom. The predicted molar refractivity (Wildman–Crippen MR) is 63.1 cm³/mol. The fraction of sp³-hybridized carbons (Fsp3) is 0.200. The van der Waals surface area contributed by atoms with Gasteiger partial charge in [-0.2, -0.15) is 0 Å². The molecule has 1 aromatic carbocycles. The summed E-state index contributed by atoms with van der Waals surface area (Å²) in [7, 11) is 0. The summed E-state index contributed by atoms with van der Waals surface area (Å²) in [5.41, 5.74) is 0.563. The van der Waals surface area contributed by atoms with E-state index in [0.717, 1.165) is 0 Å². The lowest BCUT2D eigenvalue weighted by Gasteiger charge is -2.14. The minimum atomic E-state index is -0.104. The van der Waals surface area contributed by atoms with E-state index >= 15 is 0 Å². The number of nitrogens with one attached hydrogen (secondary N) is 1. The van der Waals surface area contributed by atoms with Crippen LogP contribution < -0.4 is 5.32 Å². The minimum absolute atomic E-state index is 0.104. The summed E-state index contributed by atoms with van der Waals surface area (Å²) in [4.78, 5) is 13.5. The van der Waals surface area contributed by atoms with Gasteiger partial charge in [0.15, 0.2) is 5.11 Å². The van der Waals surface area contributed by atoms with Crippen LogP contribution in [0.3, 0.4) is 0 Å². The quantitative estimate of drug-likeness (QED) is 0.758. The van der Waals surface area contributed by atoms with Crippen LogP contribution in [0.4, 0.5) is 0 Å². The molecular formula is C10H9ClN2OS. The summed E-state index contributed by atoms with van der Waals surface area (Å²) < 4.78 is 0. The van der Waals surface area contributed by atoms with Gasteiger partial charge >= 0.3 is 0 Å². The zero-order valence-electron chi connectivity index (χ0n) is 7.87. The highest BCUT2D eigenvalue weighted by molar-refractivity contribution is 7.80. The number of halogens is 1. The molecule has 1 heterocycles. The summed E-state index contributed by atoms with van der Waals surface area (Å²) in [6.07, 6.45) is 0. The van der Waals surface area contributed by atoms with Crippen LogP contribution in [0.5, 0.6) is 0 Å². The van der Waals surface area contributed by atoms with E-state index in [1.165, 1.54) is 0 Å². The van der Waals surface area contributed by atoms with Crippen LogP contribution in [0.25, 0.3) is 0 Å². The van der Waals surface area contributed by atoms with Gasteiger partial charge in [-0.3, -0.25) is 9.69 Å². The Hall–Kier alpha value is -1.13. The molecule has 1 saturated heterocycles. The Kier molecular flexibility index (Phi) is 2.88. The Balaban J connectivity index is 2.24. The van der Waals surface area contributed by atoms with Crippen molar-refractivity contribution in [1.29, 1.82) is 0 Å². The first-order chi connectivity index (χ1) is 7.18. The van der Waals surface area contributed by atoms with Crippen LogP contribution in [-0.4, -0.2) is 29.0 Å². The zero-order chi connectivity index (χ0) is 10.8. The van der Waals surface area contributed by atoms with Gasteiger partial charge in [0, 0.05) is 23.7 Å². The molecule has 1 aliphatic heterocycles. The lowest BCUT2D eigenvalue weighted by Crippen LogP contribution is -2.33. The molecule has 0 bridgehead atoms. The second-order valence-electron chi connectivity index (χ2n) is 3.20. The average molecular weight is 241 g/mol. The second kappa shape index (κ2) is 4.16. The van der Waals surface area contributed by atoms with Crippen LogP contribution >= 0.6 is 23.8 Å². The Morgan fingerprint density at radius 3 is 2.93 bits per heavy atom. The van der Waals surface area contributed by atoms with Gasteiger partial charge in [-0.25, -0.2) is 0 Å². The molecule has 2 rings (SSSR count). The molecule has 1 N–H and O–H groups in total. The minimum Gasteiger partial charge on any atom is -0.360 e. The molecule has 0 atom stereocenters. The largest absolute Gasteiger partial charge is 0.360 e. The zero-order valence-corrected chi connectivity index (χ0v) is 9.44. The van der Waals surface area contributed by atoms with E-state index in [1.54, 1.807) is 29.2 Å². The Labute approximate surface area is 98.0 Å². The molecule has 1 aromatic rings. The van der Waals surface area contributed by atoms with Crippen molar-refractivity contribution in [3.8, 4) is 0 Å². The molecular weight excluding hydrogens is 232 g/mol. The smallest absolute Gasteiger partial charge is 0.260 e. The van der Waals surface area contributed by atoms with E-state index in [9.17, 15) is 4.79 Å². The van der Waals surface area contributed by atoms with E-state index in [2.05, 4.69) is 5.32 Å². The van der Waals surface area contributed by atoms with Crippen molar-refractivity contribution in [1.82, 2.24) is 10.2 Å². The van der Waals surface area contributed by atoms with E-state index in [-0.39, 0.29) is 5.91 Å². The molecule has 1 amide bonds. The molecule has 0 radical (unpaired) electrons. The number of carbonyl (C=O) groups excluding carboxylic acids is 1. The van der Waals surface area contributed by atoms with Crippen molar-refractivity contribution < 1.29 is 4.79 Å². The molecule has 78 valence electrons. The molecule has 15 heavy (non-hydrogen) atoms. The van der Waals surface area contributed by atoms with Crippen molar-refractivity contribution in [3.05, 3.63) is 34.9 Å². The topological polar surface area (TPSA) is 32.3 Å². The lowest BCUT2D eigenvalue weighted by molar-refractivity contribution is 0.0861. The summed E-state index contributed by atoms with van der Waals surface area (Å²) in [5.74, 6) is -0.104. The van der Waals surface area contributed by atoms with Crippen molar-refractivity contribution in [2.45, 2.75) is 0 Å². The fourth-order valence-electron chi connectivity index (χ4n) is 1.44. The standard InChI is InChI=1S/C10H9ClN2OS/c11-8-3-1-2-7(6-8)9(14)13-5-4-12-10(13)15/h1-3,6H,4-5H2,(H,12,15). The maximum Gasteiger partial charge on any atom is 0.260 e. The van der Waals surface area contributed by atoms with E-state index in [4.69, 9.17) is 23.8 Å². The predicted octanol–water partition coefficient (Wildman–Crippen LogP) is 1.67. The first-order valence-corrected chi connectivity index (χ1v) is 5.32. The first-order valence-electron chi connectivity index (χ1n) is 4.54. The number of benzene rings is 1. The van der Waals surface area contributed by atoms with E-state index in [0.29, 0.717) is 28.8 Å². The van der Waals surface area contributed by atoms with Crippen molar-refractivity contribution in [2.75, 3.05) is 13.1 Å². The van der Waals surface area contributed by atoms with Crippen molar-refractivity contribution >= 4 is 34.8 Å². The summed E-state index contributed by atoms with van der Waals surface area (Å²) >= 11 is 10.8. The van der Waals surface area contributed by atoms with Gasteiger partial charge in [-0.05, 0) is 30.4 Å². The number of hydrogen-bond donors (Lipinski definition) is 1.